The van der Waals surface area contributed by atoms with Crippen molar-refractivity contribution in [2.45, 2.75) is 45.2 Å². The smallest absolute Gasteiger partial charge is 0.218 e. The average molecular weight is 232 g/mol. The largest absolute Gasteiger partial charge is 0.350 e. The van der Waals surface area contributed by atoms with Crippen LogP contribution in [0.15, 0.2) is 0 Å². The molecule has 0 N–H and O–H groups in total. The van der Waals surface area contributed by atoms with Gasteiger partial charge in [0.15, 0.2) is 6.29 Å². The fourth-order valence-electron chi connectivity index (χ4n) is 2.15. The minimum Gasteiger partial charge on any atom is -0.350 e. The summed E-state index contributed by atoms with van der Waals surface area (Å²) in [5.41, 5.74) is 0. The summed E-state index contributed by atoms with van der Waals surface area (Å²) in [5, 5.41) is -0.512. The maximum Gasteiger partial charge on any atom is 0.218 e. The highest BCUT2D eigenvalue weighted by Gasteiger charge is 2.50. The van der Waals surface area contributed by atoms with Gasteiger partial charge < -0.3 is 14.2 Å². The van der Waals surface area contributed by atoms with Gasteiger partial charge in [-0.15, -0.1) is 0 Å². The average Bonchev–Trinajstić information content (AvgIpc) is 2.50. The van der Waals surface area contributed by atoms with E-state index in [0.717, 1.165) is 12.4 Å². The first-order valence-electron chi connectivity index (χ1n) is 5.67. The van der Waals surface area contributed by atoms with Gasteiger partial charge in [0.25, 0.3) is 0 Å². The van der Waals surface area contributed by atoms with Crippen LogP contribution in [0.25, 0.3) is 0 Å². The Morgan fingerprint density at radius 2 is 2.07 bits per heavy atom. The van der Waals surface area contributed by atoms with E-state index in [1.807, 2.05) is 6.92 Å². The second-order valence-electron chi connectivity index (χ2n) is 4.53. The zero-order valence-corrected chi connectivity index (χ0v) is 10.7. The summed E-state index contributed by atoms with van der Waals surface area (Å²) in [6, 6.07) is 0. The van der Waals surface area contributed by atoms with Crippen LogP contribution >= 0.6 is 11.8 Å². The van der Waals surface area contributed by atoms with Gasteiger partial charge in [-0.2, -0.15) is 0 Å². The van der Waals surface area contributed by atoms with Gasteiger partial charge in [0.05, 0.1) is 6.61 Å². The van der Waals surface area contributed by atoms with Crippen molar-refractivity contribution in [3.63, 3.8) is 0 Å². The number of fused-ring (bicyclic) bond motifs is 1. The van der Waals surface area contributed by atoms with Crippen molar-refractivity contribution in [3.8, 4) is 0 Å². The minimum atomic E-state index is -0.512. The van der Waals surface area contributed by atoms with Crippen molar-refractivity contribution in [1.82, 2.24) is 0 Å². The Hall–Kier alpha value is 0.230. The molecule has 0 bridgehead atoms. The highest BCUT2D eigenvalue weighted by Crippen LogP contribution is 2.43. The summed E-state index contributed by atoms with van der Waals surface area (Å²) < 4.78 is 17.5. The van der Waals surface area contributed by atoms with Gasteiger partial charge >= 0.3 is 0 Å². The molecule has 15 heavy (non-hydrogen) atoms. The quantitative estimate of drug-likeness (QED) is 0.731. The summed E-state index contributed by atoms with van der Waals surface area (Å²) in [5.74, 6) is 2.03. The first kappa shape index (κ1) is 11.7. The predicted molar refractivity (Wildman–Crippen MR) is 60.6 cm³/mol. The molecule has 0 spiro atoms. The number of hydrogen-bond acceptors (Lipinski definition) is 4. The Morgan fingerprint density at radius 1 is 1.33 bits per heavy atom. The molecule has 4 heteroatoms. The van der Waals surface area contributed by atoms with Crippen LogP contribution in [0.5, 0.6) is 0 Å². The summed E-state index contributed by atoms with van der Waals surface area (Å²) in [4.78, 5) is 0. The molecule has 0 aromatic rings. The predicted octanol–water partition coefficient (Wildman–Crippen LogP) is 2.46. The van der Waals surface area contributed by atoms with Crippen LogP contribution < -0.4 is 0 Å². The first-order chi connectivity index (χ1) is 7.06. The molecule has 5 atom stereocenters. The summed E-state index contributed by atoms with van der Waals surface area (Å²) >= 11 is 1.69. The van der Waals surface area contributed by atoms with E-state index in [9.17, 15) is 0 Å². The highest BCUT2D eigenvalue weighted by molar-refractivity contribution is 8.00. The van der Waals surface area contributed by atoms with Crippen molar-refractivity contribution in [2.75, 3.05) is 12.4 Å². The molecule has 0 radical (unpaired) electrons. The van der Waals surface area contributed by atoms with Crippen LogP contribution in [0.1, 0.15) is 27.7 Å². The standard InChI is InChI=1S/C11H20O3S/c1-5-15-11(4)13-9-8(3)7(2)6-12-10(9)14-11/h7-10H,5-6H2,1-4H3. The Bertz CT molecular complexity index is 236. The first-order valence-corrected chi connectivity index (χ1v) is 6.65. The molecule has 2 fully saturated rings. The molecule has 0 aromatic carbocycles. The van der Waals surface area contributed by atoms with Gasteiger partial charge in [-0.3, -0.25) is 0 Å². The van der Waals surface area contributed by atoms with Crippen molar-refractivity contribution >= 4 is 11.8 Å². The molecule has 2 aliphatic rings. The van der Waals surface area contributed by atoms with Gasteiger partial charge in [-0.25, -0.2) is 0 Å². The Balaban J connectivity index is 2.05. The molecular weight excluding hydrogens is 212 g/mol. The van der Waals surface area contributed by atoms with E-state index >= 15 is 0 Å². The van der Waals surface area contributed by atoms with Crippen LogP contribution in [-0.4, -0.2) is 29.9 Å². The van der Waals surface area contributed by atoms with Crippen LogP contribution in [0.4, 0.5) is 0 Å². The zero-order chi connectivity index (χ0) is 11.1. The van der Waals surface area contributed by atoms with Gasteiger partial charge in [-0.1, -0.05) is 32.5 Å². The number of hydrogen-bond donors (Lipinski definition) is 0. The van der Waals surface area contributed by atoms with E-state index in [-0.39, 0.29) is 12.4 Å². The van der Waals surface area contributed by atoms with Crippen molar-refractivity contribution in [2.24, 2.45) is 11.8 Å². The molecule has 88 valence electrons. The third kappa shape index (κ3) is 2.18. The summed E-state index contributed by atoms with van der Waals surface area (Å²) in [6.07, 6.45) is -0.0713. The van der Waals surface area contributed by atoms with Crippen LogP contribution in [0.3, 0.4) is 0 Å². The lowest BCUT2D eigenvalue weighted by atomic mass is 9.89. The maximum atomic E-state index is 5.99. The third-order valence-corrected chi connectivity index (χ3v) is 4.30. The zero-order valence-electron chi connectivity index (χ0n) is 9.86. The van der Waals surface area contributed by atoms with E-state index in [4.69, 9.17) is 14.2 Å². The number of thioether (sulfide) groups is 1. The Labute approximate surface area is 95.8 Å². The SMILES string of the molecule is CCSC1(C)OC2OCC(C)C(C)C2O1. The van der Waals surface area contributed by atoms with E-state index in [0.29, 0.717) is 11.8 Å². The molecule has 3 nitrogen and oxygen atoms in total. The second kappa shape index (κ2) is 4.24. The van der Waals surface area contributed by atoms with Crippen molar-refractivity contribution in [1.29, 1.82) is 0 Å². The lowest BCUT2D eigenvalue weighted by Gasteiger charge is -2.33. The Morgan fingerprint density at radius 3 is 2.73 bits per heavy atom. The molecular formula is C11H20O3S. The number of rotatable bonds is 2. The molecule has 2 saturated heterocycles. The third-order valence-electron chi connectivity index (χ3n) is 3.29. The summed E-state index contributed by atoms with van der Waals surface area (Å²) in [7, 11) is 0. The molecule has 0 aromatic heterocycles. The van der Waals surface area contributed by atoms with E-state index in [1.165, 1.54) is 0 Å². The van der Waals surface area contributed by atoms with E-state index < -0.39 is 5.12 Å². The summed E-state index contributed by atoms with van der Waals surface area (Å²) in [6.45, 7) is 9.29. The fraction of sp³-hybridized carbons (Fsp3) is 1.00. The molecule has 5 unspecified atom stereocenters. The van der Waals surface area contributed by atoms with E-state index in [2.05, 4.69) is 20.8 Å². The minimum absolute atomic E-state index is 0.0952. The molecule has 2 rings (SSSR count). The second-order valence-corrected chi connectivity index (χ2v) is 6.14. The van der Waals surface area contributed by atoms with Gasteiger partial charge in [0.1, 0.15) is 6.10 Å². The topological polar surface area (TPSA) is 27.7 Å². The monoisotopic (exact) mass is 232 g/mol. The normalized spacial score (nSPS) is 50.4. The van der Waals surface area contributed by atoms with Crippen LogP contribution in [0, 0.1) is 11.8 Å². The molecule has 2 heterocycles. The van der Waals surface area contributed by atoms with Crippen molar-refractivity contribution in [3.05, 3.63) is 0 Å². The van der Waals surface area contributed by atoms with Gasteiger partial charge in [-0.05, 0) is 17.6 Å². The molecule has 0 saturated carbocycles. The number of ether oxygens (including phenoxy) is 3. The molecule has 2 aliphatic heterocycles. The fourth-order valence-corrected chi connectivity index (χ4v) is 3.01. The lowest BCUT2D eigenvalue weighted by molar-refractivity contribution is -0.178. The van der Waals surface area contributed by atoms with E-state index in [1.54, 1.807) is 11.8 Å². The molecule has 0 amide bonds. The van der Waals surface area contributed by atoms with Gasteiger partial charge in [0, 0.05) is 6.92 Å². The van der Waals surface area contributed by atoms with Crippen LogP contribution in [-0.2, 0) is 14.2 Å². The van der Waals surface area contributed by atoms with Gasteiger partial charge in [0.2, 0.25) is 5.12 Å². The maximum absolute atomic E-state index is 5.99. The lowest BCUT2D eigenvalue weighted by Crippen LogP contribution is -2.42. The van der Waals surface area contributed by atoms with Crippen LogP contribution in [0.2, 0.25) is 0 Å². The Kier molecular flexibility index (Phi) is 3.31. The molecule has 0 aliphatic carbocycles. The highest BCUT2D eigenvalue weighted by atomic mass is 32.2. The van der Waals surface area contributed by atoms with Crippen molar-refractivity contribution < 1.29 is 14.2 Å².